The first-order chi connectivity index (χ1) is 16.2. The number of hydrogen-bond acceptors (Lipinski definition) is 6. The summed E-state index contributed by atoms with van der Waals surface area (Å²) in [5.74, 6) is -0.226. The molecule has 0 aliphatic heterocycles. The second kappa shape index (κ2) is 13.0. The number of carbonyl (C=O) groups excluding carboxylic acids is 2. The molecule has 0 saturated heterocycles. The Morgan fingerprint density at radius 2 is 1.76 bits per heavy atom. The maximum atomic E-state index is 12.8. The van der Waals surface area contributed by atoms with E-state index < -0.39 is 17.7 Å². The van der Waals surface area contributed by atoms with Crippen LogP contribution in [0.1, 0.15) is 40.2 Å². The first-order valence-electron chi connectivity index (χ1n) is 11.1. The average Bonchev–Trinajstić information content (AvgIpc) is 2.76. The Hall–Kier alpha value is -3.07. The van der Waals surface area contributed by atoms with E-state index in [4.69, 9.17) is 14.2 Å². The van der Waals surface area contributed by atoms with Crippen LogP contribution < -0.4 is 25.0 Å². The lowest BCUT2D eigenvalue weighted by atomic mass is 9.94. The zero-order valence-corrected chi connectivity index (χ0v) is 21.9. The molecule has 0 aliphatic carbocycles. The molecule has 34 heavy (non-hydrogen) atoms. The van der Waals surface area contributed by atoms with Crippen LogP contribution in [-0.4, -0.2) is 37.8 Å². The highest BCUT2D eigenvalue weighted by atomic mass is 79.9. The lowest BCUT2D eigenvalue weighted by molar-refractivity contribution is -0.134. The summed E-state index contributed by atoms with van der Waals surface area (Å²) >= 11 is 3.50. The summed E-state index contributed by atoms with van der Waals surface area (Å²) < 4.78 is 17.4. The number of nitrogens with one attached hydrogen (secondary N) is 2. The minimum atomic E-state index is -0.924. The van der Waals surface area contributed by atoms with Gasteiger partial charge in [-0.2, -0.15) is 5.10 Å². The van der Waals surface area contributed by atoms with E-state index in [9.17, 15) is 9.59 Å². The van der Waals surface area contributed by atoms with Crippen molar-refractivity contribution in [3.05, 3.63) is 46.4 Å². The largest absolute Gasteiger partial charge is 0.497 e. The molecule has 0 heterocycles. The van der Waals surface area contributed by atoms with Gasteiger partial charge >= 0.3 is 0 Å². The second-order valence-corrected chi connectivity index (χ2v) is 8.96. The number of carbonyl (C=O) groups is 2. The lowest BCUT2D eigenvalue weighted by Crippen LogP contribution is -2.39. The Morgan fingerprint density at radius 1 is 1.09 bits per heavy atom. The number of ether oxygens (including phenoxy) is 3. The van der Waals surface area contributed by atoms with Gasteiger partial charge in [0.1, 0.15) is 11.7 Å². The molecule has 0 aliphatic rings. The van der Waals surface area contributed by atoms with Gasteiger partial charge in [-0.25, -0.2) is 5.43 Å². The van der Waals surface area contributed by atoms with Crippen molar-refractivity contribution in [3.8, 4) is 17.2 Å². The van der Waals surface area contributed by atoms with Crippen molar-refractivity contribution in [2.24, 2.45) is 16.9 Å². The van der Waals surface area contributed by atoms with Gasteiger partial charge in [0.25, 0.3) is 5.91 Å². The highest BCUT2D eigenvalue weighted by Gasteiger charge is 2.30. The van der Waals surface area contributed by atoms with E-state index in [1.807, 2.05) is 26.8 Å². The number of hydrazone groups is 1. The number of nitrogens with zero attached hydrogens (tertiary/aromatic N) is 1. The Labute approximate surface area is 209 Å². The van der Waals surface area contributed by atoms with E-state index in [0.29, 0.717) is 39.6 Å². The van der Waals surface area contributed by atoms with Crippen molar-refractivity contribution >= 4 is 39.6 Å². The van der Waals surface area contributed by atoms with Gasteiger partial charge in [0.05, 0.1) is 30.5 Å². The fraction of sp³-hybridized carbons (Fsp3) is 0.400. The van der Waals surface area contributed by atoms with Gasteiger partial charge < -0.3 is 19.5 Å². The molecule has 0 spiro atoms. The van der Waals surface area contributed by atoms with Gasteiger partial charge in [-0.15, -0.1) is 0 Å². The van der Waals surface area contributed by atoms with Crippen LogP contribution in [0.2, 0.25) is 0 Å². The number of rotatable bonds is 11. The predicted molar refractivity (Wildman–Crippen MR) is 137 cm³/mol. The highest BCUT2D eigenvalue weighted by molar-refractivity contribution is 9.10. The van der Waals surface area contributed by atoms with Gasteiger partial charge in [-0.3, -0.25) is 9.59 Å². The van der Waals surface area contributed by atoms with Crippen molar-refractivity contribution < 1.29 is 23.8 Å². The first kappa shape index (κ1) is 27.2. The maximum absolute atomic E-state index is 12.8. The molecule has 0 radical (unpaired) electrons. The van der Waals surface area contributed by atoms with Crippen molar-refractivity contribution in [2.75, 3.05) is 19.0 Å². The van der Waals surface area contributed by atoms with Crippen molar-refractivity contribution in [2.45, 2.75) is 40.7 Å². The Bertz CT molecular complexity index is 1010. The predicted octanol–water partition coefficient (Wildman–Crippen LogP) is 5.00. The number of anilines is 1. The number of amides is 2. The standard InChI is InChI=1S/C25H32BrN3O5/c1-7-33-21-13-17(12-20(26)23(21)34-16(4)5)14-27-29-25(31)22(15(2)3)24(30)28-18-8-10-19(32-6)11-9-18/h8-16,22H,7H2,1-6H3,(H,28,30)(H,29,31). The van der Waals surface area contributed by atoms with Crippen LogP contribution in [0.3, 0.4) is 0 Å². The highest BCUT2D eigenvalue weighted by Crippen LogP contribution is 2.37. The zero-order chi connectivity index (χ0) is 25.3. The second-order valence-electron chi connectivity index (χ2n) is 8.10. The van der Waals surface area contributed by atoms with Crippen molar-refractivity contribution in [1.29, 1.82) is 0 Å². The van der Waals surface area contributed by atoms with Gasteiger partial charge in [0.2, 0.25) is 5.91 Å². The fourth-order valence-electron chi connectivity index (χ4n) is 3.13. The lowest BCUT2D eigenvalue weighted by Gasteiger charge is -2.18. The fourth-order valence-corrected chi connectivity index (χ4v) is 3.69. The quantitative estimate of drug-likeness (QED) is 0.240. The number of methoxy groups -OCH3 is 1. The summed E-state index contributed by atoms with van der Waals surface area (Å²) in [5, 5.41) is 6.82. The third kappa shape index (κ3) is 7.76. The number of benzene rings is 2. The normalized spacial score (nSPS) is 12.0. The van der Waals surface area contributed by atoms with Crippen LogP contribution in [0, 0.1) is 11.8 Å². The van der Waals surface area contributed by atoms with Crippen molar-refractivity contribution in [1.82, 2.24) is 5.43 Å². The SMILES string of the molecule is CCOc1cc(C=NNC(=O)C(C(=O)Nc2ccc(OC)cc2)C(C)C)cc(Br)c1OC(C)C. The van der Waals surface area contributed by atoms with Crippen LogP contribution in [0.5, 0.6) is 17.2 Å². The third-order valence-electron chi connectivity index (χ3n) is 4.66. The summed E-state index contributed by atoms with van der Waals surface area (Å²) in [6, 6.07) is 10.5. The molecular formula is C25H32BrN3O5. The van der Waals surface area contributed by atoms with E-state index >= 15 is 0 Å². The van der Waals surface area contributed by atoms with Crippen LogP contribution in [-0.2, 0) is 9.59 Å². The maximum Gasteiger partial charge on any atom is 0.252 e. The van der Waals surface area contributed by atoms with Gasteiger partial charge in [-0.05, 0) is 84.6 Å². The third-order valence-corrected chi connectivity index (χ3v) is 5.25. The van der Waals surface area contributed by atoms with Gasteiger partial charge in [0.15, 0.2) is 11.5 Å². The Morgan fingerprint density at radius 3 is 2.32 bits per heavy atom. The molecule has 9 heteroatoms. The van der Waals surface area contributed by atoms with E-state index in [2.05, 4.69) is 31.8 Å². The smallest absolute Gasteiger partial charge is 0.252 e. The summed E-state index contributed by atoms with van der Waals surface area (Å²) in [6.45, 7) is 9.83. The van der Waals surface area contributed by atoms with Crippen LogP contribution in [0.4, 0.5) is 5.69 Å². The van der Waals surface area contributed by atoms with Crippen LogP contribution in [0.15, 0.2) is 46.0 Å². The monoisotopic (exact) mass is 533 g/mol. The summed E-state index contributed by atoms with van der Waals surface area (Å²) in [7, 11) is 1.57. The molecule has 2 N–H and O–H groups in total. The van der Waals surface area contributed by atoms with Crippen LogP contribution >= 0.6 is 15.9 Å². The molecule has 1 atom stereocenters. The van der Waals surface area contributed by atoms with E-state index in [0.717, 1.165) is 0 Å². The van der Waals surface area contributed by atoms with Crippen LogP contribution in [0.25, 0.3) is 0 Å². The van der Waals surface area contributed by atoms with Crippen molar-refractivity contribution in [3.63, 3.8) is 0 Å². The summed E-state index contributed by atoms with van der Waals surface area (Å²) in [5.41, 5.74) is 3.74. The first-order valence-corrected chi connectivity index (χ1v) is 11.9. The minimum absolute atomic E-state index is 0.0219. The summed E-state index contributed by atoms with van der Waals surface area (Å²) in [4.78, 5) is 25.5. The van der Waals surface area contributed by atoms with E-state index in [-0.39, 0.29) is 12.0 Å². The molecule has 0 bridgehead atoms. The molecule has 8 nitrogen and oxygen atoms in total. The minimum Gasteiger partial charge on any atom is -0.497 e. The van der Waals surface area contributed by atoms with E-state index in [1.165, 1.54) is 6.21 Å². The molecule has 2 amide bonds. The molecular weight excluding hydrogens is 502 g/mol. The molecule has 2 rings (SSSR count). The Balaban J connectivity index is 2.11. The average molecular weight is 534 g/mol. The zero-order valence-electron chi connectivity index (χ0n) is 20.3. The van der Waals surface area contributed by atoms with Gasteiger partial charge in [0, 0.05) is 5.69 Å². The Kier molecular flexibility index (Phi) is 10.4. The molecule has 1 unspecified atom stereocenters. The molecule has 0 fully saturated rings. The molecule has 2 aromatic rings. The molecule has 0 saturated carbocycles. The molecule has 0 aromatic heterocycles. The number of halogens is 1. The topological polar surface area (TPSA) is 98.2 Å². The number of hydrogen-bond donors (Lipinski definition) is 2. The molecule has 2 aromatic carbocycles. The summed E-state index contributed by atoms with van der Waals surface area (Å²) in [6.07, 6.45) is 1.47. The van der Waals surface area contributed by atoms with E-state index in [1.54, 1.807) is 51.3 Å². The molecule has 184 valence electrons. The van der Waals surface area contributed by atoms with Gasteiger partial charge in [-0.1, -0.05) is 13.8 Å².